The van der Waals surface area contributed by atoms with Crippen molar-refractivity contribution in [1.29, 1.82) is 0 Å². The molecule has 6 nitrogen and oxygen atoms in total. The molecule has 1 N–H and O–H groups in total. The van der Waals surface area contributed by atoms with Crippen molar-refractivity contribution in [3.8, 4) is 0 Å². The first kappa shape index (κ1) is 17.7. The van der Waals surface area contributed by atoms with Gasteiger partial charge in [0, 0.05) is 11.1 Å². The zero-order chi connectivity index (χ0) is 19.5. The van der Waals surface area contributed by atoms with Gasteiger partial charge < -0.3 is 14.5 Å². The number of oxazole rings is 1. The number of carbonyl (C=O) groups excluding carboxylic acids is 2. The summed E-state index contributed by atoms with van der Waals surface area (Å²) in [5, 5.41) is 4.82. The average molecular weight is 374 g/mol. The van der Waals surface area contributed by atoms with Crippen molar-refractivity contribution in [2.45, 2.75) is 19.4 Å². The lowest BCUT2D eigenvalue weighted by Crippen LogP contribution is -2.32. The van der Waals surface area contributed by atoms with Gasteiger partial charge in [0.15, 0.2) is 18.1 Å². The number of nitrogens with one attached hydrogen (secondary N) is 1. The molecule has 1 unspecified atom stereocenters. The zero-order valence-corrected chi connectivity index (χ0v) is 15.2. The fourth-order valence-electron chi connectivity index (χ4n) is 3.05. The Morgan fingerprint density at radius 3 is 2.79 bits per heavy atom. The lowest BCUT2D eigenvalue weighted by molar-refractivity contribution is -0.124. The first-order chi connectivity index (χ1) is 13.7. The van der Waals surface area contributed by atoms with Gasteiger partial charge >= 0.3 is 5.97 Å². The molecule has 0 aliphatic rings. The maximum absolute atomic E-state index is 12.7. The average Bonchev–Trinajstić information content (AvgIpc) is 3.20. The van der Waals surface area contributed by atoms with Crippen LogP contribution >= 0.6 is 0 Å². The van der Waals surface area contributed by atoms with Crippen LogP contribution in [-0.2, 0) is 9.53 Å². The fourth-order valence-corrected chi connectivity index (χ4v) is 3.05. The molecule has 0 radical (unpaired) electrons. The zero-order valence-electron chi connectivity index (χ0n) is 15.2. The number of carbonyl (C=O) groups is 2. The van der Waals surface area contributed by atoms with Gasteiger partial charge in [-0.05, 0) is 36.1 Å². The second-order valence-electron chi connectivity index (χ2n) is 6.35. The van der Waals surface area contributed by atoms with E-state index in [0.717, 1.165) is 10.8 Å². The number of nitrogens with zero attached hydrogens (tertiary/aromatic N) is 1. The van der Waals surface area contributed by atoms with E-state index < -0.39 is 12.1 Å². The molecular formula is C22H18N2O4. The third-order valence-corrected chi connectivity index (χ3v) is 4.53. The highest BCUT2D eigenvalue weighted by Crippen LogP contribution is 2.23. The Morgan fingerprint density at radius 2 is 1.93 bits per heavy atom. The molecule has 1 aromatic heterocycles. The fraction of sp³-hybridized carbons (Fsp3) is 0.136. The van der Waals surface area contributed by atoms with Gasteiger partial charge in [-0.1, -0.05) is 43.3 Å². The smallest absolute Gasteiger partial charge is 0.339 e. The Morgan fingerprint density at radius 1 is 1.11 bits per heavy atom. The number of hydrogen-bond donors (Lipinski definition) is 1. The molecule has 3 aromatic carbocycles. The summed E-state index contributed by atoms with van der Waals surface area (Å²) in [5.74, 6) is -0.953. The molecule has 4 aromatic rings. The summed E-state index contributed by atoms with van der Waals surface area (Å²) in [6.07, 6.45) is 0.760. The molecule has 0 aliphatic heterocycles. The van der Waals surface area contributed by atoms with E-state index in [2.05, 4.69) is 10.3 Å². The van der Waals surface area contributed by atoms with Gasteiger partial charge in [0.05, 0.1) is 5.56 Å². The second kappa shape index (κ2) is 7.52. The highest BCUT2D eigenvalue weighted by atomic mass is 16.5. The summed E-state index contributed by atoms with van der Waals surface area (Å²) in [7, 11) is 0. The van der Waals surface area contributed by atoms with Crippen LogP contribution < -0.4 is 5.32 Å². The van der Waals surface area contributed by atoms with E-state index in [1.54, 1.807) is 25.1 Å². The molecule has 1 atom stereocenters. The van der Waals surface area contributed by atoms with Crippen LogP contribution in [0.1, 0.15) is 23.7 Å². The van der Waals surface area contributed by atoms with Gasteiger partial charge in [-0.3, -0.25) is 4.79 Å². The van der Waals surface area contributed by atoms with E-state index in [4.69, 9.17) is 9.15 Å². The highest BCUT2D eigenvalue weighted by Gasteiger charge is 2.23. The molecule has 1 amide bonds. The van der Waals surface area contributed by atoms with Crippen LogP contribution in [0.4, 0.5) is 5.69 Å². The van der Waals surface area contributed by atoms with Crippen LogP contribution in [-0.4, -0.2) is 23.0 Å². The normalized spacial score (nSPS) is 12.0. The van der Waals surface area contributed by atoms with E-state index in [-0.39, 0.29) is 5.91 Å². The number of aromatic nitrogens is 1. The van der Waals surface area contributed by atoms with Crippen molar-refractivity contribution >= 4 is 39.4 Å². The Labute approximate surface area is 161 Å². The summed E-state index contributed by atoms with van der Waals surface area (Å²) in [6.45, 7) is 1.79. The van der Waals surface area contributed by atoms with Crippen molar-refractivity contribution in [1.82, 2.24) is 4.98 Å². The van der Waals surface area contributed by atoms with Crippen LogP contribution in [0.25, 0.3) is 21.9 Å². The van der Waals surface area contributed by atoms with Crippen molar-refractivity contribution in [2.75, 3.05) is 5.32 Å². The molecule has 140 valence electrons. The summed E-state index contributed by atoms with van der Waals surface area (Å²) in [6, 6.07) is 18.3. The van der Waals surface area contributed by atoms with Crippen LogP contribution in [0.5, 0.6) is 0 Å². The predicted octanol–water partition coefficient (Wildman–Crippen LogP) is 4.56. The van der Waals surface area contributed by atoms with E-state index >= 15 is 0 Å². The Hall–Kier alpha value is -3.67. The third kappa shape index (κ3) is 3.44. The number of anilines is 1. The van der Waals surface area contributed by atoms with Gasteiger partial charge in [-0.2, -0.15) is 0 Å². The molecule has 0 saturated carbocycles. The number of benzene rings is 3. The maximum Gasteiger partial charge on any atom is 0.339 e. The van der Waals surface area contributed by atoms with Crippen LogP contribution in [0.3, 0.4) is 0 Å². The van der Waals surface area contributed by atoms with Crippen LogP contribution in [0, 0.1) is 0 Å². The maximum atomic E-state index is 12.7. The largest absolute Gasteiger partial charge is 0.449 e. The topological polar surface area (TPSA) is 81.4 Å². The SMILES string of the molecule is CCC(OC(=O)c1ccc2ncoc2c1)C(=O)Nc1cccc2ccccc12. The molecular weight excluding hydrogens is 356 g/mol. The predicted molar refractivity (Wildman–Crippen MR) is 106 cm³/mol. The summed E-state index contributed by atoms with van der Waals surface area (Å²) in [4.78, 5) is 29.2. The number of ether oxygens (including phenoxy) is 1. The Kier molecular flexibility index (Phi) is 4.76. The van der Waals surface area contributed by atoms with Gasteiger partial charge in [0.1, 0.15) is 5.52 Å². The number of amides is 1. The molecule has 0 fully saturated rings. The summed E-state index contributed by atoms with van der Waals surface area (Å²) >= 11 is 0. The molecule has 0 aliphatic carbocycles. The molecule has 6 heteroatoms. The minimum absolute atomic E-state index is 0.306. The van der Waals surface area contributed by atoms with Crippen LogP contribution in [0.15, 0.2) is 71.5 Å². The first-order valence-electron chi connectivity index (χ1n) is 8.98. The standard InChI is InChI=1S/C22H18N2O4/c1-2-19(28-22(26)15-10-11-18-20(12-15)27-13-23-18)21(25)24-17-9-5-7-14-6-3-4-8-16(14)17/h3-13,19H,2H2,1H3,(H,24,25). The Balaban J connectivity index is 1.51. The van der Waals surface area contributed by atoms with Gasteiger partial charge in [0.2, 0.25) is 0 Å². The minimum Gasteiger partial charge on any atom is -0.449 e. The molecule has 4 rings (SSSR count). The van der Waals surface area contributed by atoms with Crippen LogP contribution in [0.2, 0.25) is 0 Å². The molecule has 1 heterocycles. The number of rotatable bonds is 5. The number of fused-ring (bicyclic) bond motifs is 2. The number of hydrogen-bond acceptors (Lipinski definition) is 5. The summed E-state index contributed by atoms with van der Waals surface area (Å²) < 4.78 is 10.7. The van der Waals surface area contributed by atoms with E-state index in [1.807, 2.05) is 42.5 Å². The third-order valence-electron chi connectivity index (χ3n) is 4.53. The van der Waals surface area contributed by atoms with Crippen molar-refractivity contribution in [3.63, 3.8) is 0 Å². The first-order valence-corrected chi connectivity index (χ1v) is 8.98. The molecule has 0 bridgehead atoms. The molecule has 0 spiro atoms. The Bertz CT molecular complexity index is 1160. The lowest BCUT2D eigenvalue weighted by atomic mass is 10.1. The van der Waals surface area contributed by atoms with E-state index in [9.17, 15) is 9.59 Å². The molecule has 28 heavy (non-hydrogen) atoms. The van der Waals surface area contributed by atoms with Gasteiger partial charge in [0.25, 0.3) is 5.91 Å². The van der Waals surface area contributed by atoms with Crippen molar-refractivity contribution in [2.24, 2.45) is 0 Å². The quantitative estimate of drug-likeness (QED) is 0.518. The second-order valence-corrected chi connectivity index (χ2v) is 6.35. The van der Waals surface area contributed by atoms with Crippen molar-refractivity contribution in [3.05, 3.63) is 72.6 Å². The number of esters is 1. The van der Waals surface area contributed by atoms with Gasteiger partial charge in [-0.15, -0.1) is 0 Å². The molecule has 0 saturated heterocycles. The summed E-state index contributed by atoms with van der Waals surface area (Å²) in [5.41, 5.74) is 2.13. The van der Waals surface area contributed by atoms with Gasteiger partial charge in [-0.25, -0.2) is 9.78 Å². The van der Waals surface area contributed by atoms with Crippen molar-refractivity contribution < 1.29 is 18.7 Å². The van der Waals surface area contributed by atoms with E-state index in [1.165, 1.54) is 6.39 Å². The monoisotopic (exact) mass is 374 g/mol. The highest BCUT2D eigenvalue weighted by molar-refractivity contribution is 6.04. The minimum atomic E-state index is -0.906. The van der Waals surface area contributed by atoms with E-state index in [0.29, 0.717) is 28.8 Å². The lowest BCUT2D eigenvalue weighted by Gasteiger charge is -2.17.